The summed E-state index contributed by atoms with van der Waals surface area (Å²) in [6.07, 6.45) is 0.675. The summed E-state index contributed by atoms with van der Waals surface area (Å²) in [4.78, 5) is 13.1. The fourth-order valence-electron chi connectivity index (χ4n) is 3.41. The lowest BCUT2D eigenvalue weighted by atomic mass is 9.77. The van der Waals surface area contributed by atoms with Crippen LogP contribution in [-0.2, 0) is 16.2 Å². The topological polar surface area (TPSA) is 93.7 Å². The molecule has 2 heterocycles. The number of aromatic nitrogens is 1. The molecular formula is C21H24N2O5. The Kier molecular flexibility index (Phi) is 5.84. The number of aliphatic hydroxyl groups excluding tert-OH is 1. The quantitative estimate of drug-likeness (QED) is 0.766. The van der Waals surface area contributed by atoms with Gasteiger partial charge in [0.1, 0.15) is 24.2 Å². The van der Waals surface area contributed by atoms with Crippen molar-refractivity contribution in [3.8, 4) is 11.8 Å². The Morgan fingerprint density at radius 1 is 1.29 bits per heavy atom. The van der Waals surface area contributed by atoms with Crippen molar-refractivity contribution in [1.29, 1.82) is 5.26 Å². The molecule has 3 rings (SSSR count). The number of hydrogen-bond acceptors (Lipinski definition) is 6. The fourth-order valence-corrected chi connectivity index (χ4v) is 3.41. The third kappa shape index (κ3) is 3.80. The monoisotopic (exact) mass is 384 g/mol. The number of nitrogens with zero attached hydrogens (tertiary/aromatic N) is 2. The van der Waals surface area contributed by atoms with Gasteiger partial charge in [-0.2, -0.15) is 5.26 Å². The molecule has 0 aliphatic carbocycles. The SMILES string of the molecule is COCCOCn1cccc(C2c3cc(C#N)ccc3OC(C)(C)C2O)c1=O. The first-order valence-electron chi connectivity index (χ1n) is 9.06. The number of pyridine rings is 1. The van der Waals surface area contributed by atoms with Gasteiger partial charge >= 0.3 is 0 Å². The van der Waals surface area contributed by atoms with Crippen molar-refractivity contribution in [1.82, 2.24) is 4.57 Å². The van der Waals surface area contributed by atoms with E-state index in [4.69, 9.17) is 14.2 Å². The van der Waals surface area contributed by atoms with Crippen LogP contribution in [0.2, 0.25) is 0 Å². The van der Waals surface area contributed by atoms with Gasteiger partial charge in [-0.3, -0.25) is 9.36 Å². The lowest BCUT2D eigenvalue weighted by Crippen LogP contribution is -2.50. The second-order valence-electron chi connectivity index (χ2n) is 7.26. The highest BCUT2D eigenvalue weighted by atomic mass is 16.5. The summed E-state index contributed by atoms with van der Waals surface area (Å²) in [6, 6.07) is 10.6. The Hall–Kier alpha value is -2.66. The average molecular weight is 384 g/mol. The number of ether oxygens (including phenoxy) is 3. The van der Waals surface area contributed by atoms with Crippen LogP contribution in [0.5, 0.6) is 5.75 Å². The third-order valence-corrected chi connectivity index (χ3v) is 4.92. The first-order valence-corrected chi connectivity index (χ1v) is 9.06. The summed E-state index contributed by atoms with van der Waals surface area (Å²) >= 11 is 0. The van der Waals surface area contributed by atoms with Gasteiger partial charge in [0.2, 0.25) is 0 Å². The smallest absolute Gasteiger partial charge is 0.256 e. The first kappa shape index (κ1) is 20.1. The highest BCUT2D eigenvalue weighted by Crippen LogP contribution is 2.43. The van der Waals surface area contributed by atoms with Crippen molar-refractivity contribution in [2.75, 3.05) is 20.3 Å². The van der Waals surface area contributed by atoms with Crippen molar-refractivity contribution in [2.45, 2.75) is 38.2 Å². The van der Waals surface area contributed by atoms with E-state index in [1.807, 2.05) is 0 Å². The fraction of sp³-hybridized carbons (Fsp3) is 0.429. The second-order valence-corrected chi connectivity index (χ2v) is 7.26. The molecule has 0 amide bonds. The van der Waals surface area contributed by atoms with E-state index in [-0.39, 0.29) is 12.3 Å². The summed E-state index contributed by atoms with van der Waals surface area (Å²) in [5, 5.41) is 20.3. The van der Waals surface area contributed by atoms with Crippen LogP contribution in [0.15, 0.2) is 41.3 Å². The van der Waals surface area contributed by atoms with E-state index < -0.39 is 17.6 Å². The first-order chi connectivity index (χ1) is 13.4. The van der Waals surface area contributed by atoms with Crippen LogP contribution in [0.25, 0.3) is 0 Å². The Morgan fingerprint density at radius 3 is 2.79 bits per heavy atom. The molecule has 1 aliphatic heterocycles. The summed E-state index contributed by atoms with van der Waals surface area (Å²) in [6.45, 7) is 4.45. The molecule has 28 heavy (non-hydrogen) atoms. The second kappa shape index (κ2) is 8.15. The molecular weight excluding hydrogens is 360 g/mol. The minimum absolute atomic E-state index is 0.0871. The molecule has 2 unspecified atom stereocenters. The predicted molar refractivity (Wildman–Crippen MR) is 102 cm³/mol. The van der Waals surface area contributed by atoms with Gasteiger partial charge in [-0.25, -0.2) is 0 Å². The van der Waals surface area contributed by atoms with Gasteiger partial charge in [-0.05, 0) is 38.1 Å². The minimum Gasteiger partial charge on any atom is -0.485 e. The Labute approximate surface area is 163 Å². The van der Waals surface area contributed by atoms with E-state index in [1.165, 1.54) is 4.57 Å². The summed E-state index contributed by atoms with van der Waals surface area (Å²) < 4.78 is 17.8. The number of fused-ring (bicyclic) bond motifs is 1. The van der Waals surface area contributed by atoms with Crippen LogP contribution in [0.4, 0.5) is 0 Å². The zero-order valence-electron chi connectivity index (χ0n) is 16.2. The summed E-state index contributed by atoms with van der Waals surface area (Å²) in [5.41, 5.74) is 0.348. The largest absolute Gasteiger partial charge is 0.485 e. The average Bonchev–Trinajstić information content (AvgIpc) is 2.67. The summed E-state index contributed by atoms with van der Waals surface area (Å²) in [7, 11) is 1.58. The molecule has 0 fully saturated rings. The van der Waals surface area contributed by atoms with Crippen LogP contribution in [0.3, 0.4) is 0 Å². The number of hydrogen-bond donors (Lipinski definition) is 1. The zero-order valence-corrected chi connectivity index (χ0v) is 16.2. The predicted octanol–water partition coefficient (Wildman–Crippen LogP) is 2.00. The molecule has 7 nitrogen and oxygen atoms in total. The summed E-state index contributed by atoms with van der Waals surface area (Å²) in [5.74, 6) is -0.0589. The van der Waals surface area contributed by atoms with Crippen molar-refractivity contribution >= 4 is 0 Å². The third-order valence-electron chi connectivity index (χ3n) is 4.92. The van der Waals surface area contributed by atoms with Crippen molar-refractivity contribution in [2.24, 2.45) is 0 Å². The Balaban J connectivity index is 2.05. The van der Waals surface area contributed by atoms with Gasteiger partial charge in [-0.15, -0.1) is 0 Å². The minimum atomic E-state index is -0.966. The van der Waals surface area contributed by atoms with Crippen LogP contribution >= 0.6 is 0 Å². The number of aliphatic hydroxyl groups is 1. The molecule has 0 spiro atoms. The number of nitriles is 1. The maximum Gasteiger partial charge on any atom is 0.256 e. The normalized spacial score (nSPS) is 20.1. The number of rotatable bonds is 6. The van der Waals surface area contributed by atoms with E-state index >= 15 is 0 Å². The Morgan fingerprint density at radius 2 is 2.07 bits per heavy atom. The molecule has 1 aromatic carbocycles. The van der Waals surface area contributed by atoms with E-state index in [9.17, 15) is 15.2 Å². The van der Waals surface area contributed by atoms with Gasteiger partial charge < -0.3 is 19.3 Å². The van der Waals surface area contributed by atoms with Gasteiger partial charge in [0.25, 0.3) is 5.56 Å². The van der Waals surface area contributed by atoms with Crippen molar-refractivity contribution in [3.63, 3.8) is 0 Å². The highest BCUT2D eigenvalue weighted by Gasteiger charge is 2.44. The van der Waals surface area contributed by atoms with E-state index in [2.05, 4.69) is 6.07 Å². The van der Waals surface area contributed by atoms with E-state index in [0.717, 1.165) is 0 Å². The standard InChI is InChI=1S/C21H24N2O5/c1-21(2)19(24)18(16-11-14(12-22)6-7-17(16)28-21)15-5-4-8-23(20(15)25)13-27-10-9-26-3/h4-8,11,18-19,24H,9-10,13H2,1-3H3. The van der Waals surface area contributed by atoms with Crippen molar-refractivity contribution in [3.05, 3.63) is 63.6 Å². The zero-order chi connectivity index (χ0) is 20.3. The Bertz CT molecular complexity index is 945. The lowest BCUT2D eigenvalue weighted by Gasteiger charge is -2.42. The van der Waals surface area contributed by atoms with Gasteiger partial charge in [0.05, 0.1) is 24.8 Å². The van der Waals surface area contributed by atoms with Gasteiger partial charge in [-0.1, -0.05) is 6.07 Å². The molecule has 1 aliphatic rings. The number of benzene rings is 1. The number of methoxy groups -OCH3 is 1. The molecule has 1 aromatic heterocycles. The lowest BCUT2D eigenvalue weighted by molar-refractivity contribution is -0.0515. The highest BCUT2D eigenvalue weighted by molar-refractivity contribution is 5.50. The maximum atomic E-state index is 13.1. The molecule has 148 valence electrons. The van der Waals surface area contributed by atoms with Gasteiger partial charge in [0.15, 0.2) is 0 Å². The van der Waals surface area contributed by atoms with Crippen LogP contribution < -0.4 is 10.3 Å². The maximum absolute atomic E-state index is 13.1. The molecule has 0 bridgehead atoms. The van der Waals surface area contributed by atoms with E-state index in [1.54, 1.807) is 57.5 Å². The molecule has 7 heteroatoms. The molecule has 2 aromatic rings. The molecule has 2 atom stereocenters. The van der Waals surface area contributed by atoms with Crippen LogP contribution in [0, 0.1) is 11.3 Å². The molecule has 0 radical (unpaired) electrons. The van der Waals surface area contributed by atoms with Crippen LogP contribution in [-0.4, -0.2) is 41.7 Å². The van der Waals surface area contributed by atoms with Crippen molar-refractivity contribution < 1.29 is 19.3 Å². The van der Waals surface area contributed by atoms with Gasteiger partial charge in [0, 0.05) is 30.4 Å². The molecule has 0 saturated carbocycles. The van der Waals surface area contributed by atoms with E-state index in [0.29, 0.717) is 35.7 Å². The molecule has 0 saturated heterocycles. The van der Waals surface area contributed by atoms with Crippen LogP contribution in [0.1, 0.15) is 36.5 Å². The molecule has 1 N–H and O–H groups in total.